The van der Waals surface area contributed by atoms with Gasteiger partial charge in [-0.2, -0.15) is 5.26 Å². The Morgan fingerprint density at radius 3 is 2.20 bits per heavy atom. The van der Waals surface area contributed by atoms with Crippen molar-refractivity contribution < 1.29 is 9.90 Å². The first-order valence-corrected chi connectivity index (χ1v) is 7.51. The number of piperazine rings is 1. The lowest BCUT2D eigenvalue weighted by Gasteiger charge is -2.34. The molecule has 114 valence electrons. The molecule has 1 saturated heterocycles. The third-order valence-electron chi connectivity index (χ3n) is 3.94. The Kier molecular flexibility index (Phi) is 6.97. The fourth-order valence-corrected chi connectivity index (χ4v) is 2.45. The molecule has 0 bridgehead atoms. The van der Waals surface area contributed by atoms with Crippen LogP contribution in [-0.2, 0) is 4.79 Å². The van der Waals surface area contributed by atoms with E-state index < -0.39 is 5.97 Å². The van der Waals surface area contributed by atoms with Crippen LogP contribution < -0.4 is 0 Å². The van der Waals surface area contributed by atoms with Gasteiger partial charge in [-0.1, -0.05) is 6.42 Å². The van der Waals surface area contributed by atoms with Gasteiger partial charge in [0.2, 0.25) is 0 Å². The van der Waals surface area contributed by atoms with Crippen molar-refractivity contribution in [3.05, 3.63) is 0 Å². The molecule has 5 nitrogen and oxygen atoms in total. The van der Waals surface area contributed by atoms with Crippen LogP contribution in [0.1, 0.15) is 39.5 Å². The summed E-state index contributed by atoms with van der Waals surface area (Å²) in [5.74, 6) is -0.715. The zero-order valence-electron chi connectivity index (χ0n) is 12.8. The minimum absolute atomic E-state index is 0.199. The van der Waals surface area contributed by atoms with Crippen molar-refractivity contribution in [2.75, 3.05) is 39.3 Å². The summed E-state index contributed by atoms with van der Waals surface area (Å²) in [4.78, 5) is 15.2. The second-order valence-corrected chi connectivity index (χ2v) is 6.28. The molecule has 0 atom stereocenters. The molecule has 0 radical (unpaired) electrons. The summed E-state index contributed by atoms with van der Waals surface area (Å²) < 4.78 is 0. The molecule has 0 saturated carbocycles. The maximum Gasteiger partial charge on any atom is 0.304 e. The van der Waals surface area contributed by atoms with Crippen LogP contribution >= 0.6 is 0 Å². The Labute approximate surface area is 122 Å². The topological polar surface area (TPSA) is 67.6 Å². The van der Waals surface area contributed by atoms with Crippen LogP contribution in [0.5, 0.6) is 0 Å². The summed E-state index contributed by atoms with van der Waals surface area (Å²) in [7, 11) is 0. The predicted molar refractivity (Wildman–Crippen MR) is 78.4 cm³/mol. The molecular formula is C15H27N3O2. The van der Waals surface area contributed by atoms with E-state index in [1.165, 1.54) is 0 Å². The molecule has 1 rings (SSSR count). The molecule has 0 spiro atoms. The van der Waals surface area contributed by atoms with Crippen molar-refractivity contribution in [2.45, 2.75) is 39.5 Å². The number of hydrogen-bond acceptors (Lipinski definition) is 4. The van der Waals surface area contributed by atoms with E-state index in [0.717, 1.165) is 52.0 Å². The number of nitriles is 1. The Hall–Kier alpha value is -1.12. The van der Waals surface area contributed by atoms with Crippen molar-refractivity contribution in [3.63, 3.8) is 0 Å². The van der Waals surface area contributed by atoms with Gasteiger partial charge < -0.3 is 14.9 Å². The number of unbranched alkanes of at least 4 members (excludes halogenated alkanes) is 1. The highest BCUT2D eigenvalue weighted by Gasteiger charge is 2.18. The second kappa shape index (κ2) is 8.23. The lowest BCUT2D eigenvalue weighted by atomic mass is 9.89. The highest BCUT2D eigenvalue weighted by atomic mass is 16.4. The van der Waals surface area contributed by atoms with Gasteiger partial charge in [-0.05, 0) is 33.2 Å². The molecule has 0 unspecified atom stereocenters. The standard InChI is InChI=1S/C15H27N3O2/c1-15(2,13-16)6-3-4-7-17-9-11-18(12-10-17)8-5-14(19)20/h3-12H2,1-2H3,(H,19,20). The number of nitrogens with zero attached hydrogens (tertiary/aromatic N) is 3. The van der Waals surface area contributed by atoms with Crippen molar-refractivity contribution >= 4 is 5.97 Å². The normalized spacial score (nSPS) is 17.9. The first-order chi connectivity index (χ1) is 9.43. The van der Waals surface area contributed by atoms with Gasteiger partial charge in [0, 0.05) is 32.7 Å². The average Bonchev–Trinajstić information content (AvgIpc) is 2.42. The molecule has 20 heavy (non-hydrogen) atoms. The summed E-state index contributed by atoms with van der Waals surface area (Å²) in [5.41, 5.74) is -0.199. The zero-order chi connectivity index (χ0) is 15.0. The van der Waals surface area contributed by atoms with Gasteiger partial charge in [0.1, 0.15) is 0 Å². The van der Waals surface area contributed by atoms with Gasteiger partial charge in [0.15, 0.2) is 0 Å². The highest BCUT2D eigenvalue weighted by molar-refractivity contribution is 5.66. The lowest BCUT2D eigenvalue weighted by Crippen LogP contribution is -2.47. The van der Waals surface area contributed by atoms with E-state index in [1.807, 2.05) is 13.8 Å². The summed E-state index contributed by atoms with van der Waals surface area (Å²) in [6.45, 7) is 9.74. The van der Waals surface area contributed by atoms with E-state index in [1.54, 1.807) is 0 Å². The second-order valence-electron chi connectivity index (χ2n) is 6.28. The molecule has 0 aromatic heterocycles. The first-order valence-electron chi connectivity index (χ1n) is 7.51. The van der Waals surface area contributed by atoms with Crippen LogP contribution in [0.2, 0.25) is 0 Å². The fraction of sp³-hybridized carbons (Fsp3) is 0.867. The van der Waals surface area contributed by atoms with Crippen molar-refractivity contribution in [1.82, 2.24) is 9.80 Å². The number of rotatable bonds is 8. The molecule has 0 aliphatic carbocycles. The fourth-order valence-electron chi connectivity index (χ4n) is 2.45. The Morgan fingerprint density at radius 1 is 1.15 bits per heavy atom. The third kappa shape index (κ3) is 6.88. The van der Waals surface area contributed by atoms with E-state index in [9.17, 15) is 4.79 Å². The van der Waals surface area contributed by atoms with Crippen LogP contribution in [0.3, 0.4) is 0 Å². The molecule has 0 aromatic rings. The number of aliphatic carboxylic acids is 1. The van der Waals surface area contributed by atoms with Crippen LogP contribution in [0.15, 0.2) is 0 Å². The summed E-state index contributed by atoms with van der Waals surface area (Å²) in [5, 5.41) is 17.6. The van der Waals surface area contributed by atoms with E-state index in [-0.39, 0.29) is 11.8 Å². The van der Waals surface area contributed by atoms with Crippen LogP contribution in [0.25, 0.3) is 0 Å². The predicted octanol–water partition coefficient (Wildman–Crippen LogP) is 1.80. The van der Waals surface area contributed by atoms with Gasteiger partial charge in [-0.25, -0.2) is 0 Å². The molecule has 5 heteroatoms. The summed E-state index contributed by atoms with van der Waals surface area (Å²) in [6.07, 6.45) is 3.44. The number of hydrogen-bond donors (Lipinski definition) is 1. The zero-order valence-corrected chi connectivity index (χ0v) is 12.8. The minimum Gasteiger partial charge on any atom is -0.481 e. The Balaban J connectivity index is 2.08. The first kappa shape index (κ1) is 16.9. The van der Waals surface area contributed by atoms with Crippen molar-refractivity contribution in [1.29, 1.82) is 5.26 Å². The maximum absolute atomic E-state index is 10.5. The molecule has 0 amide bonds. The molecule has 1 fully saturated rings. The van der Waals surface area contributed by atoms with Crippen LogP contribution in [0.4, 0.5) is 0 Å². The van der Waals surface area contributed by atoms with Crippen molar-refractivity contribution in [2.24, 2.45) is 5.41 Å². The molecule has 1 aliphatic heterocycles. The molecular weight excluding hydrogens is 254 g/mol. The van der Waals surface area contributed by atoms with E-state index in [4.69, 9.17) is 10.4 Å². The quantitative estimate of drug-likeness (QED) is 0.687. The average molecular weight is 281 g/mol. The minimum atomic E-state index is -0.715. The highest BCUT2D eigenvalue weighted by Crippen LogP contribution is 2.21. The Bertz CT molecular complexity index is 342. The Morgan fingerprint density at radius 2 is 1.70 bits per heavy atom. The number of carboxylic acids is 1. The smallest absolute Gasteiger partial charge is 0.304 e. The SMILES string of the molecule is CC(C)(C#N)CCCCN1CCN(CCC(=O)O)CC1. The van der Waals surface area contributed by atoms with Gasteiger partial charge in [0.25, 0.3) is 0 Å². The maximum atomic E-state index is 10.5. The molecule has 1 N–H and O–H groups in total. The van der Waals surface area contributed by atoms with Gasteiger partial charge in [0.05, 0.1) is 17.9 Å². The number of carboxylic acid groups (broad SMARTS) is 1. The monoisotopic (exact) mass is 281 g/mol. The summed E-state index contributed by atoms with van der Waals surface area (Å²) in [6, 6.07) is 2.34. The van der Waals surface area contributed by atoms with E-state index in [0.29, 0.717) is 6.54 Å². The van der Waals surface area contributed by atoms with Gasteiger partial charge in [-0.3, -0.25) is 4.79 Å². The molecule has 0 aromatic carbocycles. The van der Waals surface area contributed by atoms with Crippen molar-refractivity contribution in [3.8, 4) is 6.07 Å². The number of carbonyl (C=O) groups is 1. The van der Waals surface area contributed by atoms with Crippen LogP contribution in [-0.4, -0.2) is 60.1 Å². The van der Waals surface area contributed by atoms with E-state index >= 15 is 0 Å². The van der Waals surface area contributed by atoms with Crippen LogP contribution in [0, 0.1) is 16.7 Å². The summed E-state index contributed by atoms with van der Waals surface area (Å²) >= 11 is 0. The van der Waals surface area contributed by atoms with E-state index in [2.05, 4.69) is 15.9 Å². The van der Waals surface area contributed by atoms with Gasteiger partial charge in [-0.15, -0.1) is 0 Å². The third-order valence-corrected chi connectivity index (χ3v) is 3.94. The molecule has 1 aliphatic rings. The van der Waals surface area contributed by atoms with Gasteiger partial charge >= 0.3 is 5.97 Å². The molecule has 1 heterocycles. The largest absolute Gasteiger partial charge is 0.481 e. The lowest BCUT2D eigenvalue weighted by molar-refractivity contribution is -0.137.